The molecule has 0 amide bonds. The van der Waals surface area contributed by atoms with Crippen LogP contribution in [0.5, 0.6) is 11.6 Å². The average Bonchev–Trinajstić information content (AvgIpc) is 3.33. The van der Waals surface area contributed by atoms with E-state index in [0.29, 0.717) is 16.8 Å². The molecule has 0 bridgehead atoms. The minimum Gasteiger partial charge on any atom is -0.486 e. The van der Waals surface area contributed by atoms with Crippen LogP contribution in [0.1, 0.15) is 70.0 Å². The summed E-state index contributed by atoms with van der Waals surface area (Å²) in [7, 11) is 0. The first-order chi connectivity index (χ1) is 23.6. The Balaban J connectivity index is 1.73. The van der Waals surface area contributed by atoms with E-state index in [4.69, 9.17) is 33.2 Å². The number of rotatable bonds is 13. The fourth-order valence-electron chi connectivity index (χ4n) is 5.49. The van der Waals surface area contributed by atoms with Crippen molar-refractivity contribution in [1.82, 2.24) is 9.78 Å². The van der Waals surface area contributed by atoms with Crippen LogP contribution in [-0.4, -0.2) is 75.8 Å². The van der Waals surface area contributed by atoms with Crippen LogP contribution in [-0.2, 0) is 55.9 Å². The van der Waals surface area contributed by atoms with Crippen LogP contribution in [0.25, 0.3) is 0 Å². The molecular formula is C35H41FN2O12. The third-order valence-corrected chi connectivity index (χ3v) is 7.60. The maximum atomic E-state index is 15.2. The molecule has 2 heterocycles. The summed E-state index contributed by atoms with van der Waals surface area (Å²) in [6, 6.07) is 13.6. The molecule has 5 atom stereocenters. The van der Waals surface area contributed by atoms with Crippen LogP contribution in [0.4, 0.5) is 4.39 Å². The van der Waals surface area contributed by atoms with Gasteiger partial charge in [0.15, 0.2) is 23.8 Å². The van der Waals surface area contributed by atoms with Crippen molar-refractivity contribution >= 4 is 23.9 Å². The van der Waals surface area contributed by atoms with Crippen LogP contribution in [0.15, 0.2) is 48.5 Å². The maximum absolute atomic E-state index is 15.2. The largest absolute Gasteiger partial charge is 0.486 e. The van der Waals surface area contributed by atoms with E-state index in [0.717, 1.165) is 33.3 Å². The fourth-order valence-corrected chi connectivity index (χ4v) is 5.49. The van der Waals surface area contributed by atoms with E-state index in [-0.39, 0.29) is 30.7 Å². The van der Waals surface area contributed by atoms with Crippen LogP contribution in [0.3, 0.4) is 0 Å². The Kier molecular flexibility index (Phi) is 12.2. The van der Waals surface area contributed by atoms with Gasteiger partial charge in [-0.3, -0.25) is 23.9 Å². The summed E-state index contributed by atoms with van der Waals surface area (Å²) >= 11 is 0. The minimum atomic E-state index is -2.95. The Morgan fingerprint density at radius 2 is 1.56 bits per heavy atom. The van der Waals surface area contributed by atoms with E-state index in [1.165, 1.54) is 12.1 Å². The lowest BCUT2D eigenvalue weighted by Gasteiger charge is -2.47. The normalized spacial score (nSPS) is 21.6. The number of carbonyl (C=O) groups excluding carboxylic acids is 4. The van der Waals surface area contributed by atoms with Crippen molar-refractivity contribution in [2.24, 2.45) is 0 Å². The highest BCUT2D eigenvalue weighted by molar-refractivity contribution is 5.69. The number of hydrogen-bond acceptors (Lipinski definition) is 13. The molecule has 4 rings (SSSR count). The van der Waals surface area contributed by atoms with Gasteiger partial charge in [0.05, 0.1) is 0 Å². The Labute approximate surface area is 288 Å². The lowest BCUT2D eigenvalue weighted by molar-refractivity contribution is -0.422. The number of ether oxygens (including phenoxy) is 7. The standard InChI is InChI=1S/C35H41FN2O12/c1-19(2)38-20(3)27(15-26-13-14-29(28(36)16-26)45-17-25-11-9-8-10-12-25)34(37-38)50-35(43)33(48-24(7)42)32(47-23(6)41)31(46-22(5)40)30(49-35)18-44-21(4)39/h8-14,16,19,30-33,43H,15,17-18H2,1-7H3/t30-,31-,32+,33-,35-/m1/s1. The number of halogens is 1. The SMILES string of the molecule is CC(=O)OC[C@H]1O[C@@](O)(Oc2nn(C(C)C)c(C)c2Cc2ccc(OCc3ccccc3)c(F)c2)[C@H](OC(C)=O)[C@@H](OC(C)=O)[C@@H]1OC(C)=O. The highest BCUT2D eigenvalue weighted by atomic mass is 19.1. The van der Waals surface area contributed by atoms with Gasteiger partial charge in [0.2, 0.25) is 12.0 Å². The van der Waals surface area contributed by atoms with E-state index in [1.54, 1.807) is 17.7 Å². The van der Waals surface area contributed by atoms with E-state index in [1.807, 2.05) is 44.2 Å². The Bertz CT molecular complexity index is 1690. The van der Waals surface area contributed by atoms with E-state index < -0.39 is 66.7 Å². The molecule has 0 aliphatic carbocycles. The molecule has 2 aromatic carbocycles. The predicted octanol–water partition coefficient (Wildman–Crippen LogP) is 3.86. The van der Waals surface area contributed by atoms with E-state index in [2.05, 4.69) is 5.10 Å². The molecule has 1 saturated heterocycles. The number of hydrogen-bond donors (Lipinski definition) is 1. The van der Waals surface area contributed by atoms with E-state index in [9.17, 15) is 24.3 Å². The van der Waals surface area contributed by atoms with E-state index >= 15 is 4.39 Å². The summed E-state index contributed by atoms with van der Waals surface area (Å²) in [6.45, 7) is 9.32. The molecular weight excluding hydrogens is 659 g/mol. The Hall–Kier alpha value is -5.02. The van der Waals surface area contributed by atoms with Gasteiger partial charge in [-0.05, 0) is 44.0 Å². The first-order valence-electron chi connectivity index (χ1n) is 15.8. The van der Waals surface area contributed by atoms with Crippen LogP contribution >= 0.6 is 0 Å². The molecule has 50 heavy (non-hydrogen) atoms. The molecule has 1 aliphatic heterocycles. The number of carbonyl (C=O) groups is 4. The lowest BCUT2D eigenvalue weighted by atomic mass is 9.96. The van der Waals surface area contributed by atoms with Crippen molar-refractivity contribution in [2.75, 3.05) is 6.61 Å². The molecule has 0 radical (unpaired) electrons. The lowest BCUT2D eigenvalue weighted by Crippen LogP contribution is -2.70. The predicted molar refractivity (Wildman–Crippen MR) is 171 cm³/mol. The summed E-state index contributed by atoms with van der Waals surface area (Å²) in [4.78, 5) is 48.4. The van der Waals surface area contributed by atoms with Crippen molar-refractivity contribution in [1.29, 1.82) is 0 Å². The molecule has 1 N–H and O–H groups in total. The molecule has 3 aromatic rings. The monoisotopic (exact) mass is 700 g/mol. The zero-order valence-corrected chi connectivity index (χ0v) is 28.8. The van der Waals surface area contributed by atoms with Gasteiger partial charge in [-0.25, -0.2) is 4.39 Å². The van der Waals surface area contributed by atoms with Crippen LogP contribution < -0.4 is 9.47 Å². The number of benzene rings is 2. The summed E-state index contributed by atoms with van der Waals surface area (Å²) in [5.74, 6) is -7.10. The molecule has 14 nitrogen and oxygen atoms in total. The molecule has 0 spiro atoms. The first-order valence-corrected chi connectivity index (χ1v) is 15.8. The fraction of sp³-hybridized carbons (Fsp3) is 0.457. The molecule has 270 valence electrons. The average molecular weight is 701 g/mol. The van der Waals surface area contributed by atoms with Gasteiger partial charge in [-0.2, -0.15) is 0 Å². The summed E-state index contributed by atoms with van der Waals surface area (Å²) in [6.07, 6.45) is -6.60. The van der Waals surface area contributed by atoms with Crippen molar-refractivity contribution in [3.8, 4) is 11.6 Å². The van der Waals surface area contributed by atoms with Gasteiger partial charge >= 0.3 is 29.9 Å². The zero-order valence-electron chi connectivity index (χ0n) is 28.8. The van der Waals surface area contributed by atoms with Gasteiger partial charge in [0.25, 0.3) is 0 Å². The second kappa shape index (κ2) is 16.1. The Morgan fingerprint density at radius 3 is 2.14 bits per heavy atom. The molecule has 1 aromatic heterocycles. The van der Waals surface area contributed by atoms with Gasteiger partial charge in [0.1, 0.15) is 19.3 Å². The summed E-state index contributed by atoms with van der Waals surface area (Å²) in [5, 5.41) is 16.6. The number of nitrogens with zero attached hydrogens (tertiary/aromatic N) is 2. The highest BCUT2D eigenvalue weighted by Gasteiger charge is 2.62. The van der Waals surface area contributed by atoms with Crippen LogP contribution in [0, 0.1) is 12.7 Å². The Morgan fingerprint density at radius 1 is 0.920 bits per heavy atom. The number of aromatic nitrogens is 2. The third kappa shape index (κ3) is 9.36. The second-order valence-electron chi connectivity index (χ2n) is 12.0. The van der Waals surface area contributed by atoms with Crippen molar-refractivity contribution in [3.05, 3.63) is 76.7 Å². The molecule has 1 aliphatic rings. The first kappa shape index (κ1) is 37.8. The van der Waals surface area contributed by atoms with Gasteiger partial charge in [0, 0.05) is 51.4 Å². The van der Waals surface area contributed by atoms with Gasteiger partial charge < -0.3 is 38.3 Å². The number of esters is 4. The van der Waals surface area contributed by atoms with Crippen molar-refractivity contribution in [2.45, 2.75) is 97.9 Å². The highest BCUT2D eigenvalue weighted by Crippen LogP contribution is 2.38. The van der Waals surface area contributed by atoms with Crippen molar-refractivity contribution < 1.29 is 61.8 Å². The zero-order chi connectivity index (χ0) is 36.7. The smallest absolute Gasteiger partial charge is 0.369 e. The minimum absolute atomic E-state index is 0.0514. The number of aliphatic hydroxyl groups is 1. The summed E-state index contributed by atoms with van der Waals surface area (Å²) in [5.41, 5.74) is 2.36. The van der Waals surface area contributed by atoms with Crippen molar-refractivity contribution in [3.63, 3.8) is 0 Å². The topological polar surface area (TPSA) is 171 Å². The third-order valence-electron chi connectivity index (χ3n) is 7.60. The molecule has 15 heteroatoms. The van der Waals surface area contributed by atoms with Crippen LogP contribution in [0.2, 0.25) is 0 Å². The molecule has 0 saturated carbocycles. The second-order valence-corrected chi connectivity index (χ2v) is 12.0. The van der Waals surface area contributed by atoms with Gasteiger partial charge in [-0.1, -0.05) is 36.4 Å². The quantitative estimate of drug-likeness (QED) is 0.155. The summed E-state index contributed by atoms with van der Waals surface area (Å²) < 4.78 is 55.7. The maximum Gasteiger partial charge on any atom is 0.369 e. The van der Waals surface area contributed by atoms with Gasteiger partial charge in [-0.15, -0.1) is 5.10 Å². The molecule has 1 fully saturated rings. The molecule has 0 unspecified atom stereocenters.